The van der Waals surface area contributed by atoms with E-state index in [-0.39, 0.29) is 11.3 Å². The fraction of sp³-hybridized carbons (Fsp3) is 0.611. The van der Waals surface area contributed by atoms with Gasteiger partial charge < -0.3 is 14.7 Å². The van der Waals surface area contributed by atoms with Crippen molar-refractivity contribution in [2.75, 3.05) is 19.3 Å². The molecule has 1 aromatic carbocycles. The quantitative estimate of drug-likeness (QED) is 0.910. The molecule has 4 nitrogen and oxygen atoms in total. The smallest absolute Gasteiger partial charge is 0.410 e. The number of hydrogen-bond donors (Lipinski definition) is 1. The highest BCUT2D eigenvalue weighted by atomic mass is 32.2. The summed E-state index contributed by atoms with van der Waals surface area (Å²) >= 11 is 1.66. The summed E-state index contributed by atoms with van der Waals surface area (Å²) in [5.41, 5.74) is -0.149. The first-order valence-electron chi connectivity index (χ1n) is 8.03. The number of piperidine rings is 1. The molecule has 5 heteroatoms. The van der Waals surface area contributed by atoms with E-state index in [0.717, 1.165) is 5.56 Å². The minimum absolute atomic E-state index is 0.0180. The molecule has 128 valence electrons. The number of aliphatic hydroxyl groups is 1. The summed E-state index contributed by atoms with van der Waals surface area (Å²) < 4.78 is 5.42. The average Bonchev–Trinajstić information content (AvgIpc) is 2.47. The number of carbonyl (C=O) groups is 1. The molecule has 1 heterocycles. The Morgan fingerprint density at radius 2 is 1.83 bits per heavy atom. The van der Waals surface area contributed by atoms with Gasteiger partial charge in [0.25, 0.3) is 0 Å². The van der Waals surface area contributed by atoms with Crippen molar-refractivity contribution < 1.29 is 14.6 Å². The van der Waals surface area contributed by atoms with E-state index in [1.165, 1.54) is 0 Å². The van der Waals surface area contributed by atoms with E-state index in [9.17, 15) is 9.90 Å². The molecule has 2 rings (SSSR count). The van der Waals surface area contributed by atoms with E-state index >= 15 is 0 Å². The van der Waals surface area contributed by atoms with Crippen molar-refractivity contribution >= 4 is 17.9 Å². The first kappa shape index (κ1) is 18.1. The van der Waals surface area contributed by atoms with Crippen LogP contribution in [-0.4, -0.2) is 46.6 Å². The van der Waals surface area contributed by atoms with Crippen molar-refractivity contribution in [3.05, 3.63) is 35.9 Å². The second kappa shape index (κ2) is 7.14. The number of amides is 1. The normalized spacial score (nSPS) is 19.3. The molecule has 0 saturated carbocycles. The maximum absolute atomic E-state index is 12.2. The van der Waals surface area contributed by atoms with E-state index < -0.39 is 11.2 Å². The molecule has 1 N–H and O–H groups in total. The summed E-state index contributed by atoms with van der Waals surface area (Å²) in [7, 11) is 0. The second-order valence-corrected chi connectivity index (χ2v) is 8.04. The van der Waals surface area contributed by atoms with Crippen molar-refractivity contribution in [1.82, 2.24) is 4.90 Å². The third kappa shape index (κ3) is 4.64. The van der Waals surface area contributed by atoms with Crippen LogP contribution in [0, 0.1) is 0 Å². The van der Waals surface area contributed by atoms with Gasteiger partial charge in [-0.3, -0.25) is 0 Å². The molecule has 1 unspecified atom stereocenters. The predicted octanol–water partition coefficient (Wildman–Crippen LogP) is 3.85. The Kier molecular flexibility index (Phi) is 5.63. The number of hydrogen-bond acceptors (Lipinski definition) is 4. The molecule has 0 bridgehead atoms. The SMILES string of the molecule is CSC(c1ccccc1)C1(O)CCN(C(=O)OC(C)(C)C)CC1. The van der Waals surface area contributed by atoms with E-state index in [4.69, 9.17) is 4.74 Å². The minimum Gasteiger partial charge on any atom is -0.444 e. The molecule has 1 aliphatic rings. The number of nitrogens with zero attached hydrogens (tertiary/aromatic N) is 1. The van der Waals surface area contributed by atoms with Crippen LogP contribution in [0.25, 0.3) is 0 Å². The maximum Gasteiger partial charge on any atom is 0.410 e. The molecule has 1 saturated heterocycles. The van der Waals surface area contributed by atoms with Gasteiger partial charge in [-0.2, -0.15) is 11.8 Å². The average molecular weight is 337 g/mol. The van der Waals surface area contributed by atoms with Crippen molar-refractivity contribution in [3.63, 3.8) is 0 Å². The Hall–Kier alpha value is -1.20. The molecule has 0 spiro atoms. The first-order chi connectivity index (χ1) is 10.7. The van der Waals surface area contributed by atoms with Crippen LogP contribution in [-0.2, 0) is 4.74 Å². The van der Waals surface area contributed by atoms with Gasteiger partial charge in [0.2, 0.25) is 0 Å². The third-order valence-corrected chi connectivity index (χ3v) is 5.29. The van der Waals surface area contributed by atoms with Gasteiger partial charge in [-0.25, -0.2) is 4.79 Å². The Balaban J connectivity index is 2.02. The van der Waals surface area contributed by atoms with Gasteiger partial charge >= 0.3 is 6.09 Å². The van der Waals surface area contributed by atoms with E-state index in [1.807, 2.05) is 45.2 Å². The summed E-state index contributed by atoms with van der Waals surface area (Å²) in [4.78, 5) is 13.8. The summed E-state index contributed by atoms with van der Waals surface area (Å²) in [6, 6.07) is 10.1. The van der Waals surface area contributed by atoms with E-state index in [0.29, 0.717) is 25.9 Å². The molecule has 1 atom stereocenters. The van der Waals surface area contributed by atoms with Crippen LogP contribution in [0.2, 0.25) is 0 Å². The van der Waals surface area contributed by atoms with E-state index in [2.05, 4.69) is 12.1 Å². The summed E-state index contributed by atoms with van der Waals surface area (Å²) in [5.74, 6) is 0. The maximum atomic E-state index is 12.2. The highest BCUT2D eigenvalue weighted by Crippen LogP contribution is 2.43. The first-order valence-corrected chi connectivity index (χ1v) is 9.32. The van der Waals surface area contributed by atoms with Gasteiger partial charge in [0.15, 0.2) is 0 Å². The van der Waals surface area contributed by atoms with Crippen LogP contribution in [0.4, 0.5) is 4.79 Å². The largest absolute Gasteiger partial charge is 0.444 e. The molecule has 0 radical (unpaired) electrons. The van der Waals surface area contributed by atoms with Crippen LogP contribution in [0.3, 0.4) is 0 Å². The van der Waals surface area contributed by atoms with Crippen LogP contribution in [0.5, 0.6) is 0 Å². The number of ether oxygens (including phenoxy) is 1. The fourth-order valence-electron chi connectivity index (χ4n) is 2.96. The molecular formula is C18H27NO3S. The molecule has 0 aliphatic carbocycles. The number of benzene rings is 1. The molecule has 0 aromatic heterocycles. The summed E-state index contributed by atoms with van der Waals surface area (Å²) in [5, 5.41) is 11.1. The standard InChI is InChI=1S/C18H27NO3S/c1-17(2,3)22-16(20)19-12-10-18(21,11-13-19)15(23-4)14-8-6-5-7-9-14/h5-9,15,21H,10-13H2,1-4H3. The van der Waals surface area contributed by atoms with Gasteiger partial charge in [-0.15, -0.1) is 0 Å². The second-order valence-electron chi connectivity index (χ2n) is 7.10. The van der Waals surface area contributed by atoms with Crippen LogP contribution in [0.15, 0.2) is 30.3 Å². The van der Waals surface area contributed by atoms with Gasteiger partial charge in [-0.05, 0) is 45.4 Å². The van der Waals surface area contributed by atoms with Crippen LogP contribution >= 0.6 is 11.8 Å². The highest BCUT2D eigenvalue weighted by molar-refractivity contribution is 7.98. The van der Waals surface area contributed by atoms with Gasteiger partial charge in [0, 0.05) is 13.1 Å². The van der Waals surface area contributed by atoms with Gasteiger partial charge in [0.1, 0.15) is 5.60 Å². The van der Waals surface area contributed by atoms with Crippen molar-refractivity contribution in [2.45, 2.75) is 50.1 Å². The predicted molar refractivity (Wildman–Crippen MR) is 94.7 cm³/mol. The zero-order chi connectivity index (χ0) is 17.1. The Bertz CT molecular complexity index is 519. The summed E-state index contributed by atoms with van der Waals surface area (Å²) in [6.07, 6.45) is 2.86. The minimum atomic E-state index is -0.792. The zero-order valence-corrected chi connectivity index (χ0v) is 15.2. The summed E-state index contributed by atoms with van der Waals surface area (Å²) in [6.45, 7) is 6.64. The van der Waals surface area contributed by atoms with Gasteiger partial charge in [0.05, 0.1) is 10.9 Å². The molecular weight excluding hydrogens is 310 g/mol. The lowest BCUT2D eigenvalue weighted by Crippen LogP contribution is -2.50. The topological polar surface area (TPSA) is 49.8 Å². The third-order valence-electron chi connectivity index (χ3n) is 4.11. The molecule has 1 amide bonds. The Labute approximate surface area is 143 Å². The van der Waals surface area contributed by atoms with Crippen molar-refractivity contribution in [3.8, 4) is 0 Å². The zero-order valence-electron chi connectivity index (χ0n) is 14.4. The van der Waals surface area contributed by atoms with Crippen LogP contribution in [0.1, 0.15) is 44.4 Å². The molecule has 1 fully saturated rings. The number of thioether (sulfide) groups is 1. The van der Waals surface area contributed by atoms with Crippen molar-refractivity contribution in [1.29, 1.82) is 0 Å². The monoisotopic (exact) mass is 337 g/mol. The Morgan fingerprint density at radius 1 is 1.26 bits per heavy atom. The lowest BCUT2D eigenvalue weighted by atomic mass is 9.85. The highest BCUT2D eigenvalue weighted by Gasteiger charge is 2.41. The number of rotatable bonds is 3. The van der Waals surface area contributed by atoms with Crippen LogP contribution < -0.4 is 0 Å². The molecule has 1 aliphatic heterocycles. The lowest BCUT2D eigenvalue weighted by Gasteiger charge is -2.42. The number of likely N-dealkylation sites (tertiary alicyclic amines) is 1. The fourth-order valence-corrected chi connectivity index (χ4v) is 4.06. The molecule has 1 aromatic rings. The van der Waals surface area contributed by atoms with E-state index in [1.54, 1.807) is 16.7 Å². The van der Waals surface area contributed by atoms with Crippen molar-refractivity contribution in [2.24, 2.45) is 0 Å². The number of carbonyl (C=O) groups excluding carboxylic acids is 1. The molecule has 23 heavy (non-hydrogen) atoms. The lowest BCUT2D eigenvalue weighted by molar-refractivity contribution is -0.0332. The van der Waals surface area contributed by atoms with Gasteiger partial charge in [-0.1, -0.05) is 30.3 Å². The Morgan fingerprint density at radius 3 is 2.30 bits per heavy atom.